The Balaban J connectivity index is 1.87. The van der Waals surface area contributed by atoms with Crippen molar-refractivity contribution in [3.63, 3.8) is 0 Å². The Morgan fingerprint density at radius 1 is 1.38 bits per heavy atom. The van der Waals surface area contributed by atoms with Crippen LogP contribution in [0.15, 0.2) is 18.2 Å². The molecular formula is C16H23FN2O2. The number of nitrogen functional groups attached to an aromatic ring is 1. The van der Waals surface area contributed by atoms with E-state index in [4.69, 9.17) is 10.5 Å². The van der Waals surface area contributed by atoms with Gasteiger partial charge in [0.1, 0.15) is 11.9 Å². The second-order valence-corrected chi connectivity index (χ2v) is 5.88. The summed E-state index contributed by atoms with van der Waals surface area (Å²) in [5, 5.41) is 2.68. The number of rotatable bonds is 4. The fourth-order valence-electron chi connectivity index (χ4n) is 2.60. The molecule has 0 aliphatic heterocycles. The number of anilines is 2. The van der Waals surface area contributed by atoms with Crippen LogP contribution in [-0.4, -0.2) is 18.1 Å². The van der Waals surface area contributed by atoms with Gasteiger partial charge in [0.05, 0.1) is 17.5 Å². The third-order valence-corrected chi connectivity index (χ3v) is 4.00. The summed E-state index contributed by atoms with van der Waals surface area (Å²) in [7, 11) is 0. The van der Waals surface area contributed by atoms with Crippen molar-refractivity contribution < 1.29 is 13.9 Å². The van der Waals surface area contributed by atoms with Crippen LogP contribution < -0.4 is 11.1 Å². The number of benzene rings is 1. The van der Waals surface area contributed by atoms with Gasteiger partial charge in [-0.2, -0.15) is 0 Å². The molecule has 0 spiro atoms. The average molecular weight is 294 g/mol. The standard InChI is InChI=1S/C16H23FN2O2/c1-10-3-6-13(7-4-10)21-11(2)16(20)19-15-8-5-12(17)9-14(15)18/h5,8-11,13H,3-4,6-7,18H2,1-2H3,(H,19,20). The van der Waals surface area contributed by atoms with Gasteiger partial charge in [-0.15, -0.1) is 0 Å². The van der Waals surface area contributed by atoms with Gasteiger partial charge in [0, 0.05) is 0 Å². The van der Waals surface area contributed by atoms with Crippen LogP contribution in [-0.2, 0) is 9.53 Å². The van der Waals surface area contributed by atoms with Gasteiger partial charge >= 0.3 is 0 Å². The molecule has 1 aliphatic carbocycles. The Hall–Kier alpha value is -1.62. The lowest BCUT2D eigenvalue weighted by Crippen LogP contribution is -2.33. The summed E-state index contributed by atoms with van der Waals surface area (Å²) in [5.74, 6) is 0.0612. The predicted octanol–water partition coefficient (Wildman–Crippen LogP) is 3.33. The zero-order valence-corrected chi connectivity index (χ0v) is 12.6. The number of ether oxygens (including phenoxy) is 1. The molecule has 0 saturated heterocycles. The van der Waals surface area contributed by atoms with Crippen molar-refractivity contribution in [2.24, 2.45) is 5.92 Å². The highest BCUT2D eigenvalue weighted by Gasteiger charge is 2.23. The maximum absolute atomic E-state index is 13.0. The third kappa shape index (κ3) is 4.43. The monoisotopic (exact) mass is 294 g/mol. The summed E-state index contributed by atoms with van der Waals surface area (Å²) in [4.78, 5) is 12.1. The van der Waals surface area contributed by atoms with Gasteiger partial charge in [-0.1, -0.05) is 6.92 Å². The first-order chi connectivity index (χ1) is 9.95. The van der Waals surface area contributed by atoms with E-state index in [2.05, 4.69) is 12.2 Å². The van der Waals surface area contributed by atoms with Crippen molar-refractivity contribution in [3.05, 3.63) is 24.0 Å². The first-order valence-electron chi connectivity index (χ1n) is 7.47. The van der Waals surface area contributed by atoms with Crippen LogP contribution >= 0.6 is 0 Å². The van der Waals surface area contributed by atoms with E-state index in [9.17, 15) is 9.18 Å². The number of hydrogen-bond donors (Lipinski definition) is 2. The second kappa shape index (κ2) is 6.89. The molecule has 5 heteroatoms. The fourth-order valence-corrected chi connectivity index (χ4v) is 2.60. The Morgan fingerprint density at radius 3 is 2.67 bits per heavy atom. The maximum atomic E-state index is 13.0. The molecule has 3 N–H and O–H groups in total. The minimum atomic E-state index is -0.548. The molecule has 0 heterocycles. The summed E-state index contributed by atoms with van der Waals surface area (Å²) in [6, 6.07) is 3.90. The van der Waals surface area contributed by atoms with Gasteiger partial charge in [0.25, 0.3) is 5.91 Å². The molecule has 0 aromatic heterocycles. The number of nitrogens with two attached hydrogens (primary N) is 1. The zero-order valence-electron chi connectivity index (χ0n) is 12.6. The molecule has 1 aliphatic rings. The molecule has 1 atom stereocenters. The van der Waals surface area contributed by atoms with E-state index in [0.29, 0.717) is 5.69 Å². The summed E-state index contributed by atoms with van der Waals surface area (Å²) >= 11 is 0. The Bertz CT molecular complexity index is 499. The normalized spacial score (nSPS) is 23.6. The van der Waals surface area contributed by atoms with Gasteiger partial charge in [0.2, 0.25) is 0 Å². The van der Waals surface area contributed by atoms with Crippen molar-refractivity contribution in [1.82, 2.24) is 0 Å². The molecule has 1 aromatic rings. The van der Waals surface area contributed by atoms with Crippen molar-refractivity contribution in [3.8, 4) is 0 Å². The van der Waals surface area contributed by atoms with E-state index >= 15 is 0 Å². The molecule has 1 aromatic carbocycles. The van der Waals surface area contributed by atoms with Crippen molar-refractivity contribution in [1.29, 1.82) is 0 Å². The van der Waals surface area contributed by atoms with E-state index in [1.807, 2.05) is 0 Å². The van der Waals surface area contributed by atoms with E-state index in [1.165, 1.54) is 18.2 Å². The molecule has 116 valence electrons. The van der Waals surface area contributed by atoms with E-state index in [0.717, 1.165) is 31.6 Å². The SMILES string of the molecule is CC1CCC(OC(C)C(=O)Nc2ccc(F)cc2N)CC1. The van der Waals surface area contributed by atoms with Crippen molar-refractivity contribution in [2.75, 3.05) is 11.1 Å². The van der Waals surface area contributed by atoms with E-state index in [-0.39, 0.29) is 17.7 Å². The quantitative estimate of drug-likeness (QED) is 0.837. The van der Waals surface area contributed by atoms with Crippen LogP contribution in [0.2, 0.25) is 0 Å². The molecule has 21 heavy (non-hydrogen) atoms. The summed E-state index contributed by atoms with van der Waals surface area (Å²) in [5.41, 5.74) is 6.30. The summed E-state index contributed by atoms with van der Waals surface area (Å²) in [6.45, 7) is 3.97. The largest absolute Gasteiger partial charge is 0.397 e. The number of halogens is 1. The number of carbonyl (C=O) groups is 1. The van der Waals surface area contributed by atoms with Gasteiger partial charge in [-0.05, 0) is 56.7 Å². The average Bonchev–Trinajstić information content (AvgIpc) is 2.44. The van der Waals surface area contributed by atoms with Crippen LogP contribution in [0.5, 0.6) is 0 Å². The van der Waals surface area contributed by atoms with Crippen molar-refractivity contribution in [2.45, 2.75) is 51.7 Å². The van der Waals surface area contributed by atoms with Gasteiger partial charge in [-0.3, -0.25) is 4.79 Å². The number of amides is 1. The van der Waals surface area contributed by atoms with Crippen LogP contribution in [0.4, 0.5) is 15.8 Å². The molecular weight excluding hydrogens is 271 g/mol. The molecule has 1 amide bonds. The smallest absolute Gasteiger partial charge is 0.253 e. The predicted molar refractivity (Wildman–Crippen MR) is 81.4 cm³/mol. The number of hydrogen-bond acceptors (Lipinski definition) is 3. The maximum Gasteiger partial charge on any atom is 0.253 e. The van der Waals surface area contributed by atoms with Crippen LogP contribution in [0.25, 0.3) is 0 Å². The third-order valence-electron chi connectivity index (χ3n) is 4.00. The van der Waals surface area contributed by atoms with E-state index < -0.39 is 11.9 Å². The van der Waals surface area contributed by atoms with E-state index in [1.54, 1.807) is 6.92 Å². The Kier molecular flexibility index (Phi) is 5.17. The molecule has 1 fully saturated rings. The van der Waals surface area contributed by atoms with Gasteiger partial charge in [-0.25, -0.2) is 4.39 Å². The van der Waals surface area contributed by atoms with Gasteiger partial charge in [0.15, 0.2) is 0 Å². The highest BCUT2D eigenvalue weighted by Crippen LogP contribution is 2.26. The second-order valence-electron chi connectivity index (χ2n) is 5.88. The minimum absolute atomic E-state index is 0.146. The highest BCUT2D eigenvalue weighted by molar-refractivity contribution is 5.96. The molecule has 1 unspecified atom stereocenters. The lowest BCUT2D eigenvalue weighted by molar-refractivity contribution is -0.131. The lowest BCUT2D eigenvalue weighted by atomic mass is 9.89. The highest BCUT2D eigenvalue weighted by atomic mass is 19.1. The molecule has 1 saturated carbocycles. The van der Waals surface area contributed by atoms with Crippen LogP contribution in [0.1, 0.15) is 39.5 Å². The number of carbonyl (C=O) groups excluding carboxylic acids is 1. The fraction of sp³-hybridized carbons (Fsp3) is 0.562. The summed E-state index contributed by atoms with van der Waals surface area (Å²) in [6.07, 6.45) is 3.88. The van der Waals surface area contributed by atoms with Crippen LogP contribution in [0.3, 0.4) is 0 Å². The molecule has 0 bridgehead atoms. The first-order valence-corrected chi connectivity index (χ1v) is 7.47. The van der Waals surface area contributed by atoms with Crippen LogP contribution in [0, 0.1) is 11.7 Å². The topological polar surface area (TPSA) is 64.3 Å². The lowest BCUT2D eigenvalue weighted by Gasteiger charge is -2.28. The first kappa shape index (κ1) is 15.8. The zero-order chi connectivity index (χ0) is 15.4. The van der Waals surface area contributed by atoms with Gasteiger partial charge < -0.3 is 15.8 Å². The number of nitrogens with one attached hydrogen (secondary N) is 1. The molecule has 2 rings (SSSR count). The molecule has 4 nitrogen and oxygen atoms in total. The Labute approximate surface area is 124 Å². The minimum Gasteiger partial charge on any atom is -0.397 e. The Morgan fingerprint density at radius 2 is 2.05 bits per heavy atom. The van der Waals surface area contributed by atoms with Crippen molar-refractivity contribution >= 4 is 17.3 Å². The summed E-state index contributed by atoms with van der Waals surface area (Å²) < 4.78 is 18.8. The molecule has 0 radical (unpaired) electrons.